The van der Waals surface area contributed by atoms with E-state index in [9.17, 15) is 13.6 Å². The predicted molar refractivity (Wildman–Crippen MR) is 142 cm³/mol. The van der Waals surface area contributed by atoms with Gasteiger partial charge in [-0.05, 0) is 56.1 Å². The van der Waals surface area contributed by atoms with E-state index in [4.69, 9.17) is 9.84 Å². The fraction of sp³-hybridized carbons (Fsp3) is 0.429. The topological polar surface area (TPSA) is 83.4 Å². The molecule has 0 bridgehead atoms. The Morgan fingerprint density at radius 1 is 1.16 bits per heavy atom. The lowest BCUT2D eigenvalue weighted by Crippen LogP contribution is -2.42. The third-order valence-electron chi connectivity index (χ3n) is 7.48. The Morgan fingerprint density at radius 2 is 1.97 bits per heavy atom. The fourth-order valence-electron chi connectivity index (χ4n) is 5.49. The zero-order chi connectivity index (χ0) is 26.6. The molecule has 2 aromatic carbocycles. The molecule has 8 nitrogen and oxygen atoms in total. The zero-order valence-corrected chi connectivity index (χ0v) is 21.7. The van der Waals surface area contributed by atoms with Crippen LogP contribution in [0, 0.1) is 18.6 Å². The van der Waals surface area contributed by atoms with E-state index in [0.29, 0.717) is 37.6 Å². The number of hydrogen-bond acceptors (Lipinski definition) is 5. The van der Waals surface area contributed by atoms with Crippen LogP contribution in [-0.2, 0) is 4.74 Å². The molecule has 2 aliphatic rings. The van der Waals surface area contributed by atoms with Crippen LogP contribution in [0.3, 0.4) is 0 Å². The second-order valence-electron chi connectivity index (χ2n) is 9.99. The quantitative estimate of drug-likeness (QED) is 0.413. The molecule has 3 heterocycles. The minimum Gasteiger partial charge on any atom is -0.383 e. The number of rotatable bonds is 8. The summed E-state index contributed by atoms with van der Waals surface area (Å²) < 4.78 is 34.7. The first kappa shape index (κ1) is 26.3. The Bertz CT molecular complexity index is 1260. The number of carbonyl (C=O) groups is 1. The number of nitrogens with zero attached hydrogens (tertiary/aromatic N) is 3. The van der Waals surface area contributed by atoms with Gasteiger partial charge in [0.1, 0.15) is 5.82 Å². The number of halogens is 2. The molecule has 2 aliphatic heterocycles. The monoisotopic (exact) mass is 524 g/mol. The molecule has 0 saturated carbocycles. The fourth-order valence-corrected chi connectivity index (χ4v) is 5.49. The molecule has 2 amide bonds. The highest BCUT2D eigenvalue weighted by Crippen LogP contribution is 2.32. The number of urea groups is 1. The van der Waals surface area contributed by atoms with Gasteiger partial charge in [0.2, 0.25) is 0 Å². The van der Waals surface area contributed by atoms with Gasteiger partial charge in [0.15, 0.2) is 11.6 Å². The summed E-state index contributed by atoms with van der Waals surface area (Å²) in [5, 5.41) is 14.5. The molecule has 3 aromatic rings. The highest BCUT2D eigenvalue weighted by molar-refractivity contribution is 5.90. The van der Waals surface area contributed by atoms with Crippen molar-refractivity contribution in [2.24, 2.45) is 0 Å². The van der Waals surface area contributed by atoms with Crippen molar-refractivity contribution in [2.45, 2.75) is 37.8 Å². The summed E-state index contributed by atoms with van der Waals surface area (Å²) in [5.41, 5.74) is 3.33. The Hall–Kier alpha value is -3.34. The summed E-state index contributed by atoms with van der Waals surface area (Å²) in [7, 11) is 1.64. The maximum atomic E-state index is 14.1. The normalized spacial score (nSPS) is 21.6. The van der Waals surface area contributed by atoms with Crippen LogP contribution in [0.5, 0.6) is 0 Å². The lowest BCUT2D eigenvalue weighted by Gasteiger charge is -2.21. The number of methoxy groups -OCH3 is 1. The van der Waals surface area contributed by atoms with E-state index < -0.39 is 11.6 Å². The van der Waals surface area contributed by atoms with Gasteiger partial charge in [-0.25, -0.2) is 18.3 Å². The molecule has 202 valence electrons. The second-order valence-corrected chi connectivity index (χ2v) is 9.99. The van der Waals surface area contributed by atoms with Gasteiger partial charge < -0.3 is 15.4 Å². The number of carbonyl (C=O) groups excluding carboxylic acids is 1. The summed E-state index contributed by atoms with van der Waals surface area (Å²) in [6, 6.07) is 13.1. The number of amides is 2. The van der Waals surface area contributed by atoms with Crippen LogP contribution in [0.1, 0.15) is 41.6 Å². The standard InChI is InChI=1S/C28H34F2N6O2/c1-18-26(24-9-6-12-31-24)34-36(20-7-4-3-5-8-20)27(18)33-28(37)32-25-17-35(13-14-38-2)16-21(25)19-10-11-22(29)23(30)15-19/h3-5,7-8,10-11,15,21,24-25,31H,6,9,12-14,16-17H2,1-2H3,(H2,32,33,37). The average molecular weight is 525 g/mol. The van der Waals surface area contributed by atoms with Crippen LogP contribution in [0.25, 0.3) is 5.69 Å². The number of ether oxygens (including phenoxy) is 1. The summed E-state index contributed by atoms with van der Waals surface area (Å²) >= 11 is 0. The van der Waals surface area contributed by atoms with Gasteiger partial charge >= 0.3 is 6.03 Å². The van der Waals surface area contributed by atoms with E-state index in [1.807, 2.05) is 37.3 Å². The highest BCUT2D eigenvalue weighted by Gasteiger charge is 2.35. The van der Waals surface area contributed by atoms with Gasteiger partial charge in [-0.3, -0.25) is 10.2 Å². The number of hydrogen-bond donors (Lipinski definition) is 3. The van der Waals surface area contributed by atoms with Crippen LogP contribution in [-0.4, -0.2) is 66.6 Å². The number of para-hydroxylation sites is 1. The van der Waals surface area contributed by atoms with Gasteiger partial charge in [0, 0.05) is 38.2 Å². The SMILES string of the molecule is COCCN1CC(NC(=O)Nc2c(C)c(C3CCCN3)nn2-c2ccccc2)C(c2ccc(F)c(F)c2)C1. The molecule has 38 heavy (non-hydrogen) atoms. The molecule has 2 saturated heterocycles. The van der Waals surface area contributed by atoms with Crippen molar-refractivity contribution in [3.8, 4) is 5.69 Å². The maximum Gasteiger partial charge on any atom is 0.320 e. The van der Waals surface area contributed by atoms with E-state index in [1.165, 1.54) is 6.07 Å². The second kappa shape index (κ2) is 11.6. The van der Waals surface area contributed by atoms with E-state index in [-0.39, 0.29) is 24.0 Å². The predicted octanol–water partition coefficient (Wildman–Crippen LogP) is 4.12. The van der Waals surface area contributed by atoms with Crippen LogP contribution in [0.4, 0.5) is 19.4 Å². The molecule has 3 N–H and O–H groups in total. The van der Waals surface area contributed by atoms with Gasteiger partial charge in [-0.1, -0.05) is 24.3 Å². The first-order chi connectivity index (χ1) is 18.4. The summed E-state index contributed by atoms with van der Waals surface area (Å²) in [5.74, 6) is -1.37. The summed E-state index contributed by atoms with van der Waals surface area (Å²) in [6.07, 6.45) is 2.08. The number of nitrogens with one attached hydrogen (secondary N) is 3. The van der Waals surface area contributed by atoms with Crippen molar-refractivity contribution in [1.29, 1.82) is 0 Å². The van der Waals surface area contributed by atoms with E-state index in [0.717, 1.165) is 42.4 Å². The number of likely N-dealkylation sites (tertiary alicyclic amines) is 1. The molecule has 3 atom stereocenters. The molecule has 0 spiro atoms. The molecule has 5 rings (SSSR count). The highest BCUT2D eigenvalue weighted by atomic mass is 19.2. The van der Waals surface area contributed by atoms with Crippen molar-refractivity contribution in [1.82, 2.24) is 25.3 Å². The summed E-state index contributed by atoms with van der Waals surface area (Å²) in [6.45, 7) is 5.29. The number of benzene rings is 2. The zero-order valence-electron chi connectivity index (χ0n) is 21.7. The van der Waals surface area contributed by atoms with Gasteiger partial charge in [-0.15, -0.1) is 0 Å². The largest absolute Gasteiger partial charge is 0.383 e. The van der Waals surface area contributed by atoms with Crippen molar-refractivity contribution in [2.75, 3.05) is 45.2 Å². The lowest BCUT2D eigenvalue weighted by molar-refractivity contribution is 0.159. The van der Waals surface area contributed by atoms with Crippen LogP contribution in [0.15, 0.2) is 48.5 Å². The number of aromatic nitrogens is 2. The van der Waals surface area contributed by atoms with Crippen molar-refractivity contribution in [3.63, 3.8) is 0 Å². The summed E-state index contributed by atoms with van der Waals surface area (Å²) in [4.78, 5) is 15.6. The van der Waals surface area contributed by atoms with Crippen LogP contribution < -0.4 is 16.0 Å². The van der Waals surface area contributed by atoms with Gasteiger partial charge in [-0.2, -0.15) is 5.10 Å². The molecule has 3 unspecified atom stereocenters. The Kier molecular flexibility index (Phi) is 8.01. The van der Waals surface area contributed by atoms with E-state index in [1.54, 1.807) is 17.9 Å². The van der Waals surface area contributed by atoms with Gasteiger partial charge in [0.25, 0.3) is 0 Å². The Labute approximate surface area is 221 Å². The van der Waals surface area contributed by atoms with E-state index in [2.05, 4.69) is 20.9 Å². The first-order valence-electron chi connectivity index (χ1n) is 13.1. The van der Waals surface area contributed by atoms with E-state index >= 15 is 0 Å². The molecular weight excluding hydrogens is 490 g/mol. The smallest absolute Gasteiger partial charge is 0.320 e. The lowest BCUT2D eigenvalue weighted by atomic mass is 9.94. The molecule has 1 aromatic heterocycles. The molecular formula is C28H34F2N6O2. The van der Waals surface area contributed by atoms with Crippen molar-refractivity contribution < 1.29 is 18.3 Å². The molecule has 10 heteroatoms. The minimum atomic E-state index is -0.892. The Morgan fingerprint density at radius 3 is 2.68 bits per heavy atom. The van der Waals surface area contributed by atoms with Crippen LogP contribution >= 0.6 is 0 Å². The first-order valence-corrected chi connectivity index (χ1v) is 13.1. The maximum absolute atomic E-state index is 14.1. The minimum absolute atomic E-state index is 0.144. The molecule has 0 radical (unpaired) electrons. The molecule has 2 fully saturated rings. The van der Waals surface area contributed by atoms with Crippen LogP contribution in [0.2, 0.25) is 0 Å². The third kappa shape index (κ3) is 5.57. The third-order valence-corrected chi connectivity index (χ3v) is 7.48. The van der Waals surface area contributed by atoms with Crippen molar-refractivity contribution in [3.05, 3.63) is 77.0 Å². The number of anilines is 1. The molecule has 0 aliphatic carbocycles. The van der Waals surface area contributed by atoms with Crippen molar-refractivity contribution >= 4 is 11.8 Å². The average Bonchev–Trinajstić information content (AvgIpc) is 3.65. The van der Waals surface area contributed by atoms with Gasteiger partial charge in [0.05, 0.1) is 30.1 Å². The Balaban J connectivity index is 1.39.